The maximum Gasteiger partial charge on any atom is 0.257 e. The molecule has 0 radical (unpaired) electrons. The Hall–Kier alpha value is -1.10. The van der Waals surface area contributed by atoms with Crippen molar-refractivity contribution in [1.29, 1.82) is 0 Å². The van der Waals surface area contributed by atoms with Crippen molar-refractivity contribution in [2.24, 2.45) is 5.92 Å². The Labute approximate surface area is 129 Å². The van der Waals surface area contributed by atoms with Crippen LogP contribution in [0.25, 0.3) is 0 Å². The lowest BCUT2D eigenvalue weighted by molar-refractivity contribution is 0.0697. The van der Waals surface area contributed by atoms with Crippen molar-refractivity contribution in [3.05, 3.63) is 22.3 Å². The van der Waals surface area contributed by atoms with E-state index in [9.17, 15) is 4.79 Å². The van der Waals surface area contributed by atoms with Gasteiger partial charge in [-0.1, -0.05) is 0 Å². The highest BCUT2D eigenvalue weighted by Gasteiger charge is 2.29. The molecule has 5 heteroatoms. The molecule has 1 N–H and O–H groups in total. The summed E-state index contributed by atoms with van der Waals surface area (Å²) in [6.45, 7) is 7.74. The Balaban J connectivity index is 2.26. The minimum Gasteiger partial charge on any atom is -0.370 e. The van der Waals surface area contributed by atoms with Crippen LogP contribution in [0, 0.1) is 5.92 Å². The molecule has 0 spiro atoms. The van der Waals surface area contributed by atoms with Gasteiger partial charge in [0.2, 0.25) is 0 Å². The van der Waals surface area contributed by atoms with Gasteiger partial charge in [-0.3, -0.25) is 4.79 Å². The van der Waals surface area contributed by atoms with Gasteiger partial charge in [0.25, 0.3) is 5.91 Å². The van der Waals surface area contributed by atoms with Crippen LogP contribution in [0.15, 0.2) is 16.7 Å². The fraction of sp³-hybridized carbons (Fsp3) is 0.600. The van der Waals surface area contributed by atoms with Crippen LogP contribution >= 0.6 is 15.9 Å². The zero-order valence-electron chi connectivity index (χ0n) is 12.3. The Morgan fingerprint density at radius 3 is 2.80 bits per heavy atom. The minimum absolute atomic E-state index is 0.0663. The number of aromatic nitrogens is 1. The van der Waals surface area contributed by atoms with Gasteiger partial charge in [0.05, 0.1) is 5.56 Å². The summed E-state index contributed by atoms with van der Waals surface area (Å²) in [5.74, 6) is 1.42. The van der Waals surface area contributed by atoms with Crippen LogP contribution in [0.5, 0.6) is 0 Å². The monoisotopic (exact) mass is 339 g/mol. The maximum atomic E-state index is 12.8. The summed E-state index contributed by atoms with van der Waals surface area (Å²) in [5.41, 5.74) is 0.649. The van der Waals surface area contributed by atoms with E-state index < -0.39 is 0 Å². The van der Waals surface area contributed by atoms with Gasteiger partial charge in [0, 0.05) is 29.8 Å². The van der Waals surface area contributed by atoms with E-state index in [0.717, 1.165) is 17.6 Å². The molecular weight excluding hydrogens is 318 g/mol. The van der Waals surface area contributed by atoms with E-state index in [1.54, 1.807) is 6.20 Å². The van der Waals surface area contributed by atoms with Crippen molar-refractivity contribution in [2.45, 2.75) is 39.7 Å². The quantitative estimate of drug-likeness (QED) is 0.862. The summed E-state index contributed by atoms with van der Waals surface area (Å²) in [7, 11) is 0. The van der Waals surface area contributed by atoms with Gasteiger partial charge in [-0.15, -0.1) is 0 Å². The predicted octanol–water partition coefficient (Wildman–Crippen LogP) is 3.54. The van der Waals surface area contributed by atoms with E-state index in [1.165, 1.54) is 12.8 Å². The van der Waals surface area contributed by atoms with Gasteiger partial charge in [-0.25, -0.2) is 4.98 Å². The maximum absolute atomic E-state index is 12.8. The van der Waals surface area contributed by atoms with Crippen LogP contribution in [0.2, 0.25) is 0 Å². The standard InChI is InChI=1S/C15H22BrN3O/c1-4-17-14-13(7-12(16)8-18-14)15(20)19(10(2)3)9-11-5-6-11/h7-8,10-11H,4-6,9H2,1-3H3,(H,17,18). The molecule has 1 amide bonds. The molecule has 0 bridgehead atoms. The van der Waals surface area contributed by atoms with E-state index in [2.05, 4.69) is 40.1 Å². The molecule has 0 saturated heterocycles. The Morgan fingerprint density at radius 2 is 2.25 bits per heavy atom. The van der Waals surface area contributed by atoms with Gasteiger partial charge in [-0.05, 0) is 61.5 Å². The predicted molar refractivity (Wildman–Crippen MR) is 85.0 cm³/mol. The molecule has 2 rings (SSSR count). The normalized spacial score (nSPS) is 14.4. The third-order valence-corrected chi connectivity index (χ3v) is 3.90. The lowest BCUT2D eigenvalue weighted by Crippen LogP contribution is -2.39. The highest BCUT2D eigenvalue weighted by molar-refractivity contribution is 9.10. The number of hydrogen-bond acceptors (Lipinski definition) is 3. The molecule has 110 valence electrons. The number of pyridine rings is 1. The van der Waals surface area contributed by atoms with Crippen LogP contribution in [-0.4, -0.2) is 34.9 Å². The molecule has 1 aliphatic carbocycles. The summed E-state index contributed by atoms with van der Waals surface area (Å²) in [6.07, 6.45) is 4.20. The molecule has 20 heavy (non-hydrogen) atoms. The Morgan fingerprint density at radius 1 is 1.55 bits per heavy atom. The van der Waals surface area contributed by atoms with E-state index in [0.29, 0.717) is 17.3 Å². The summed E-state index contributed by atoms with van der Waals surface area (Å²) in [4.78, 5) is 19.1. The molecule has 0 atom stereocenters. The summed E-state index contributed by atoms with van der Waals surface area (Å²) in [6, 6.07) is 2.06. The van der Waals surface area contributed by atoms with Crippen molar-refractivity contribution in [3.8, 4) is 0 Å². The van der Waals surface area contributed by atoms with Crippen molar-refractivity contribution < 1.29 is 4.79 Å². The molecular formula is C15H22BrN3O. The van der Waals surface area contributed by atoms with Crippen LogP contribution in [0.4, 0.5) is 5.82 Å². The van der Waals surface area contributed by atoms with Crippen LogP contribution in [0.1, 0.15) is 44.0 Å². The number of carbonyl (C=O) groups excluding carboxylic acids is 1. The van der Waals surface area contributed by atoms with Crippen LogP contribution in [0.3, 0.4) is 0 Å². The van der Waals surface area contributed by atoms with Gasteiger partial charge in [0.1, 0.15) is 5.82 Å². The van der Waals surface area contributed by atoms with E-state index >= 15 is 0 Å². The van der Waals surface area contributed by atoms with Gasteiger partial charge >= 0.3 is 0 Å². The molecule has 0 unspecified atom stereocenters. The fourth-order valence-electron chi connectivity index (χ4n) is 2.17. The second kappa shape index (κ2) is 6.57. The highest BCUT2D eigenvalue weighted by atomic mass is 79.9. The molecule has 1 aromatic rings. The molecule has 1 saturated carbocycles. The molecule has 0 aliphatic heterocycles. The number of nitrogens with zero attached hydrogens (tertiary/aromatic N) is 2. The summed E-state index contributed by atoms with van der Waals surface area (Å²) < 4.78 is 0.831. The number of amides is 1. The average Bonchev–Trinajstić information content (AvgIpc) is 3.21. The van der Waals surface area contributed by atoms with E-state index in [4.69, 9.17) is 0 Å². The van der Waals surface area contributed by atoms with Gasteiger partial charge < -0.3 is 10.2 Å². The Kier molecular flexibility index (Phi) is 5.02. The minimum atomic E-state index is 0.0663. The zero-order valence-corrected chi connectivity index (χ0v) is 13.9. The fourth-order valence-corrected chi connectivity index (χ4v) is 2.50. The highest BCUT2D eigenvalue weighted by Crippen LogP contribution is 2.31. The first kappa shape index (κ1) is 15.3. The average molecular weight is 340 g/mol. The van der Waals surface area contributed by atoms with Crippen LogP contribution in [-0.2, 0) is 0 Å². The second-order valence-corrected chi connectivity index (χ2v) is 6.49. The SMILES string of the molecule is CCNc1ncc(Br)cc1C(=O)N(CC1CC1)C(C)C. The van der Waals surface area contributed by atoms with Gasteiger partial charge in [-0.2, -0.15) is 0 Å². The molecule has 0 aromatic carbocycles. The number of hydrogen-bond donors (Lipinski definition) is 1. The number of nitrogens with one attached hydrogen (secondary N) is 1. The summed E-state index contributed by atoms with van der Waals surface area (Å²) in [5, 5.41) is 3.17. The lowest BCUT2D eigenvalue weighted by Gasteiger charge is -2.27. The van der Waals surface area contributed by atoms with Crippen LogP contribution < -0.4 is 5.32 Å². The first-order valence-corrected chi connectivity index (χ1v) is 8.02. The van der Waals surface area contributed by atoms with E-state index in [1.807, 2.05) is 17.9 Å². The van der Waals surface area contributed by atoms with E-state index in [-0.39, 0.29) is 11.9 Å². The Bertz CT molecular complexity index is 486. The van der Waals surface area contributed by atoms with Crippen molar-refractivity contribution in [3.63, 3.8) is 0 Å². The second-order valence-electron chi connectivity index (χ2n) is 5.57. The topological polar surface area (TPSA) is 45.2 Å². The first-order chi connectivity index (χ1) is 9.52. The number of rotatable bonds is 6. The molecule has 4 nitrogen and oxygen atoms in total. The smallest absolute Gasteiger partial charge is 0.257 e. The van der Waals surface area contributed by atoms with Crippen molar-refractivity contribution >= 4 is 27.7 Å². The number of carbonyl (C=O) groups is 1. The zero-order chi connectivity index (χ0) is 14.7. The molecule has 1 aliphatic rings. The molecule has 1 aromatic heterocycles. The molecule has 1 heterocycles. The lowest BCUT2D eigenvalue weighted by atomic mass is 10.1. The number of halogens is 1. The third-order valence-electron chi connectivity index (χ3n) is 3.46. The van der Waals surface area contributed by atoms with Gasteiger partial charge in [0.15, 0.2) is 0 Å². The van der Waals surface area contributed by atoms with Crippen molar-refractivity contribution in [1.82, 2.24) is 9.88 Å². The molecule has 1 fully saturated rings. The third kappa shape index (κ3) is 3.72. The first-order valence-electron chi connectivity index (χ1n) is 7.23. The number of anilines is 1. The van der Waals surface area contributed by atoms with Crippen molar-refractivity contribution in [2.75, 3.05) is 18.4 Å². The largest absolute Gasteiger partial charge is 0.370 e. The summed E-state index contributed by atoms with van der Waals surface area (Å²) >= 11 is 3.40.